The zero-order valence-corrected chi connectivity index (χ0v) is 10.1. The van der Waals surface area contributed by atoms with Crippen LogP contribution in [0, 0.1) is 6.92 Å². The summed E-state index contributed by atoms with van der Waals surface area (Å²) in [5.74, 6) is 1.38. The molecule has 0 aromatic carbocycles. The van der Waals surface area contributed by atoms with Crippen molar-refractivity contribution in [2.24, 2.45) is 0 Å². The van der Waals surface area contributed by atoms with Gasteiger partial charge in [0.2, 0.25) is 0 Å². The van der Waals surface area contributed by atoms with Crippen molar-refractivity contribution >= 4 is 17.4 Å². The van der Waals surface area contributed by atoms with Crippen molar-refractivity contribution in [1.82, 2.24) is 9.97 Å². The maximum absolute atomic E-state index is 5.80. The lowest BCUT2D eigenvalue weighted by atomic mass is 10.4. The van der Waals surface area contributed by atoms with Crippen LogP contribution in [-0.4, -0.2) is 29.7 Å². The van der Waals surface area contributed by atoms with Crippen LogP contribution in [0.4, 0.5) is 5.82 Å². The lowest BCUT2D eigenvalue weighted by Gasteiger charge is -2.06. The highest BCUT2D eigenvalue weighted by Gasteiger charge is 1.98. The van der Waals surface area contributed by atoms with E-state index in [-0.39, 0.29) is 0 Å². The molecule has 1 heterocycles. The molecule has 0 saturated heterocycles. The molecule has 1 aromatic heterocycles. The number of rotatable bonds is 7. The summed E-state index contributed by atoms with van der Waals surface area (Å²) in [6.45, 7) is 7.46. The molecule has 1 rings (SSSR count). The van der Waals surface area contributed by atoms with Crippen LogP contribution in [-0.2, 0) is 4.74 Å². The fourth-order valence-corrected chi connectivity index (χ4v) is 1.37. The fraction of sp³-hybridized carbons (Fsp3) is 0.455. The van der Waals surface area contributed by atoms with Crippen LogP contribution in [0.15, 0.2) is 18.7 Å². The highest BCUT2D eigenvalue weighted by atomic mass is 35.5. The first kappa shape index (κ1) is 12.9. The first-order chi connectivity index (χ1) is 7.72. The summed E-state index contributed by atoms with van der Waals surface area (Å²) in [4.78, 5) is 8.16. The first-order valence-corrected chi connectivity index (χ1v) is 5.54. The van der Waals surface area contributed by atoms with E-state index in [1.54, 1.807) is 13.0 Å². The molecule has 0 spiro atoms. The Morgan fingerprint density at radius 3 is 3.00 bits per heavy atom. The van der Waals surface area contributed by atoms with E-state index in [9.17, 15) is 0 Å². The molecule has 4 nitrogen and oxygen atoms in total. The minimum atomic E-state index is 0.447. The number of aryl methyl sites for hydroxylation is 1. The van der Waals surface area contributed by atoms with Gasteiger partial charge in [0.15, 0.2) is 0 Å². The third-order valence-electron chi connectivity index (χ3n) is 1.83. The van der Waals surface area contributed by atoms with Gasteiger partial charge in [-0.25, -0.2) is 9.97 Å². The van der Waals surface area contributed by atoms with E-state index >= 15 is 0 Å². The quantitative estimate of drug-likeness (QED) is 0.453. The number of aromatic nitrogens is 2. The number of hydrogen-bond donors (Lipinski definition) is 1. The fourth-order valence-electron chi connectivity index (χ4n) is 1.14. The molecule has 16 heavy (non-hydrogen) atoms. The second-order valence-electron chi connectivity index (χ2n) is 3.24. The Morgan fingerprint density at radius 1 is 1.50 bits per heavy atom. The molecule has 5 heteroatoms. The molecular weight excluding hydrogens is 226 g/mol. The summed E-state index contributed by atoms with van der Waals surface area (Å²) in [6.07, 6.45) is 2.71. The van der Waals surface area contributed by atoms with Crippen LogP contribution in [0.5, 0.6) is 0 Å². The Bertz CT molecular complexity index is 324. The second kappa shape index (κ2) is 7.19. The SMILES string of the molecule is C=CCCOCCNc1cc(Cl)nc(C)n1. The highest BCUT2D eigenvalue weighted by Crippen LogP contribution is 2.10. The van der Waals surface area contributed by atoms with Crippen LogP contribution in [0.3, 0.4) is 0 Å². The van der Waals surface area contributed by atoms with Crippen molar-refractivity contribution in [3.63, 3.8) is 0 Å². The minimum Gasteiger partial charge on any atom is -0.379 e. The van der Waals surface area contributed by atoms with E-state index in [1.807, 2.05) is 6.08 Å². The first-order valence-electron chi connectivity index (χ1n) is 5.16. The zero-order valence-electron chi connectivity index (χ0n) is 9.37. The Balaban J connectivity index is 2.23. The van der Waals surface area contributed by atoms with E-state index in [4.69, 9.17) is 16.3 Å². The minimum absolute atomic E-state index is 0.447. The summed E-state index contributed by atoms with van der Waals surface area (Å²) < 4.78 is 5.35. The lowest BCUT2D eigenvalue weighted by molar-refractivity contribution is 0.149. The zero-order chi connectivity index (χ0) is 11.8. The molecule has 0 bridgehead atoms. The monoisotopic (exact) mass is 241 g/mol. The van der Waals surface area contributed by atoms with Gasteiger partial charge in [-0.3, -0.25) is 0 Å². The summed E-state index contributed by atoms with van der Waals surface area (Å²) in [7, 11) is 0. The number of halogens is 1. The molecule has 0 amide bonds. The van der Waals surface area contributed by atoms with Gasteiger partial charge in [-0.2, -0.15) is 0 Å². The summed E-state index contributed by atoms with van der Waals surface area (Å²) in [6, 6.07) is 1.69. The van der Waals surface area contributed by atoms with Crippen LogP contribution >= 0.6 is 11.6 Å². The van der Waals surface area contributed by atoms with Crippen LogP contribution in [0.1, 0.15) is 12.2 Å². The molecular formula is C11H16ClN3O. The molecule has 0 aliphatic heterocycles. The molecule has 0 aliphatic carbocycles. The molecule has 0 radical (unpaired) electrons. The van der Waals surface area contributed by atoms with Gasteiger partial charge in [-0.05, 0) is 13.3 Å². The third kappa shape index (κ3) is 5.09. The van der Waals surface area contributed by atoms with E-state index in [0.29, 0.717) is 30.7 Å². The molecule has 0 atom stereocenters. The molecule has 0 fully saturated rings. The molecule has 1 N–H and O–H groups in total. The molecule has 88 valence electrons. The second-order valence-corrected chi connectivity index (χ2v) is 3.63. The highest BCUT2D eigenvalue weighted by molar-refractivity contribution is 6.29. The summed E-state index contributed by atoms with van der Waals surface area (Å²) in [5.41, 5.74) is 0. The van der Waals surface area contributed by atoms with E-state index in [1.165, 1.54) is 0 Å². The maximum atomic E-state index is 5.80. The van der Waals surface area contributed by atoms with Gasteiger partial charge in [0.25, 0.3) is 0 Å². The Labute approximate surface area is 101 Å². The maximum Gasteiger partial charge on any atom is 0.134 e. The van der Waals surface area contributed by atoms with Gasteiger partial charge in [-0.15, -0.1) is 6.58 Å². The Kier molecular flexibility index (Phi) is 5.82. The van der Waals surface area contributed by atoms with Crippen LogP contribution in [0.25, 0.3) is 0 Å². The van der Waals surface area contributed by atoms with Crippen molar-refractivity contribution in [3.05, 3.63) is 29.7 Å². The largest absolute Gasteiger partial charge is 0.379 e. The van der Waals surface area contributed by atoms with Crippen molar-refractivity contribution < 1.29 is 4.74 Å². The van der Waals surface area contributed by atoms with E-state index < -0.39 is 0 Å². The normalized spacial score (nSPS) is 10.1. The molecule has 0 saturated carbocycles. The number of hydrogen-bond acceptors (Lipinski definition) is 4. The molecule has 0 unspecified atom stereocenters. The van der Waals surface area contributed by atoms with Gasteiger partial charge in [0.1, 0.15) is 16.8 Å². The van der Waals surface area contributed by atoms with Crippen molar-refractivity contribution in [3.8, 4) is 0 Å². The average Bonchev–Trinajstić information content (AvgIpc) is 2.22. The van der Waals surface area contributed by atoms with Crippen molar-refractivity contribution in [2.45, 2.75) is 13.3 Å². The average molecular weight is 242 g/mol. The van der Waals surface area contributed by atoms with Gasteiger partial charge in [-0.1, -0.05) is 17.7 Å². The lowest BCUT2D eigenvalue weighted by Crippen LogP contribution is -2.11. The molecule has 0 aliphatic rings. The van der Waals surface area contributed by atoms with E-state index in [2.05, 4.69) is 21.9 Å². The smallest absolute Gasteiger partial charge is 0.134 e. The van der Waals surface area contributed by atoms with Gasteiger partial charge >= 0.3 is 0 Å². The Hall–Kier alpha value is -1.13. The Morgan fingerprint density at radius 2 is 2.31 bits per heavy atom. The number of anilines is 1. The van der Waals surface area contributed by atoms with E-state index in [0.717, 1.165) is 12.2 Å². The number of ether oxygens (including phenoxy) is 1. The molecule has 1 aromatic rings. The summed E-state index contributed by atoms with van der Waals surface area (Å²) in [5, 5.41) is 3.56. The van der Waals surface area contributed by atoms with Gasteiger partial charge < -0.3 is 10.1 Å². The standard InChI is InChI=1S/C11H16ClN3O/c1-3-4-6-16-7-5-13-11-8-10(12)14-9(2)15-11/h3,8H,1,4-7H2,2H3,(H,13,14,15). The number of nitrogens with one attached hydrogen (secondary N) is 1. The van der Waals surface area contributed by atoms with Crippen LogP contribution < -0.4 is 5.32 Å². The topological polar surface area (TPSA) is 47.0 Å². The summed E-state index contributed by atoms with van der Waals surface area (Å²) >= 11 is 5.80. The predicted molar refractivity (Wildman–Crippen MR) is 65.9 cm³/mol. The predicted octanol–water partition coefficient (Wildman–Crippen LogP) is 2.44. The van der Waals surface area contributed by atoms with Crippen molar-refractivity contribution in [2.75, 3.05) is 25.1 Å². The van der Waals surface area contributed by atoms with Crippen molar-refractivity contribution in [1.29, 1.82) is 0 Å². The van der Waals surface area contributed by atoms with Gasteiger partial charge in [0.05, 0.1) is 13.2 Å². The third-order valence-corrected chi connectivity index (χ3v) is 2.02. The van der Waals surface area contributed by atoms with Crippen LogP contribution in [0.2, 0.25) is 5.15 Å². The number of nitrogens with zero attached hydrogens (tertiary/aromatic N) is 2. The van der Waals surface area contributed by atoms with Gasteiger partial charge in [0, 0.05) is 12.6 Å².